The molecule has 21 heavy (non-hydrogen) atoms. The van der Waals surface area contributed by atoms with Crippen molar-refractivity contribution in [3.63, 3.8) is 0 Å². The highest BCUT2D eigenvalue weighted by molar-refractivity contribution is 5.21. The summed E-state index contributed by atoms with van der Waals surface area (Å²) in [4.78, 5) is 0. The molecule has 0 bridgehead atoms. The highest BCUT2D eigenvalue weighted by Gasteiger charge is 2.13. The molecule has 0 aromatic heterocycles. The fourth-order valence-corrected chi connectivity index (χ4v) is 2.00. The van der Waals surface area contributed by atoms with Crippen molar-refractivity contribution < 1.29 is 18.3 Å². The van der Waals surface area contributed by atoms with E-state index < -0.39 is 17.7 Å². The molecule has 0 radical (unpaired) electrons. The summed E-state index contributed by atoms with van der Waals surface area (Å²) in [6.07, 6.45) is -0.956. The first-order chi connectivity index (χ1) is 9.97. The fraction of sp³-hybridized carbons (Fsp3) is 0.250. The van der Waals surface area contributed by atoms with Gasteiger partial charge >= 0.3 is 0 Å². The Morgan fingerprint density at radius 2 is 1.57 bits per heavy atom. The van der Waals surface area contributed by atoms with Crippen LogP contribution in [-0.2, 0) is 0 Å². The number of halogens is 3. The molecule has 2 rings (SSSR count). The van der Waals surface area contributed by atoms with Crippen LogP contribution in [0.25, 0.3) is 0 Å². The number of nitrogens with one attached hydrogen (secondary N) is 1. The molecule has 2 atom stereocenters. The summed E-state index contributed by atoms with van der Waals surface area (Å²) in [5.74, 6) is -2.25. The molecule has 5 heteroatoms. The molecule has 0 aliphatic carbocycles. The SMILES string of the molecule is C[C@H](NCC(O)c1ccc(F)c(F)c1)c1ccc(F)cc1. The lowest BCUT2D eigenvalue weighted by molar-refractivity contribution is 0.170. The largest absolute Gasteiger partial charge is 0.387 e. The molecule has 0 aliphatic heterocycles. The van der Waals surface area contributed by atoms with E-state index in [9.17, 15) is 18.3 Å². The van der Waals surface area contributed by atoms with Gasteiger partial charge in [0.05, 0.1) is 6.10 Å². The van der Waals surface area contributed by atoms with Crippen LogP contribution in [-0.4, -0.2) is 11.7 Å². The van der Waals surface area contributed by atoms with E-state index >= 15 is 0 Å². The number of aliphatic hydroxyl groups is 1. The second-order valence-corrected chi connectivity index (χ2v) is 4.87. The molecule has 2 N–H and O–H groups in total. The monoisotopic (exact) mass is 295 g/mol. The first-order valence-corrected chi connectivity index (χ1v) is 6.59. The van der Waals surface area contributed by atoms with Gasteiger partial charge < -0.3 is 10.4 Å². The maximum Gasteiger partial charge on any atom is 0.159 e. The summed E-state index contributed by atoms with van der Waals surface area (Å²) >= 11 is 0. The van der Waals surface area contributed by atoms with Crippen LogP contribution < -0.4 is 5.32 Å². The van der Waals surface area contributed by atoms with Gasteiger partial charge in [0.25, 0.3) is 0 Å². The third-order valence-corrected chi connectivity index (χ3v) is 3.32. The Morgan fingerprint density at radius 1 is 0.952 bits per heavy atom. The summed E-state index contributed by atoms with van der Waals surface area (Å²) in [6.45, 7) is 2.04. The summed E-state index contributed by atoms with van der Waals surface area (Å²) < 4.78 is 38.8. The second-order valence-electron chi connectivity index (χ2n) is 4.87. The molecular weight excluding hydrogens is 279 g/mol. The average Bonchev–Trinajstić information content (AvgIpc) is 2.48. The molecule has 0 saturated heterocycles. The van der Waals surface area contributed by atoms with Crippen LogP contribution in [0.4, 0.5) is 13.2 Å². The zero-order valence-electron chi connectivity index (χ0n) is 11.5. The molecular formula is C16H16F3NO. The summed E-state index contributed by atoms with van der Waals surface area (Å²) in [7, 11) is 0. The highest BCUT2D eigenvalue weighted by Crippen LogP contribution is 2.18. The van der Waals surface area contributed by atoms with E-state index in [1.807, 2.05) is 6.92 Å². The Labute approximate surface area is 121 Å². The van der Waals surface area contributed by atoms with E-state index in [0.29, 0.717) is 5.56 Å². The van der Waals surface area contributed by atoms with E-state index in [-0.39, 0.29) is 18.4 Å². The van der Waals surface area contributed by atoms with Crippen LogP contribution in [0.15, 0.2) is 42.5 Å². The van der Waals surface area contributed by atoms with Gasteiger partial charge in [-0.1, -0.05) is 18.2 Å². The standard InChI is InChI=1S/C16H16F3NO/c1-10(11-2-5-13(17)6-3-11)20-9-16(21)12-4-7-14(18)15(19)8-12/h2-8,10,16,20-21H,9H2,1H3/t10-,16?/m0/s1. The van der Waals surface area contributed by atoms with Gasteiger partial charge in [-0.3, -0.25) is 0 Å². The first kappa shape index (κ1) is 15.5. The van der Waals surface area contributed by atoms with Crippen molar-refractivity contribution in [1.29, 1.82) is 0 Å². The van der Waals surface area contributed by atoms with E-state index in [1.54, 1.807) is 12.1 Å². The molecule has 112 valence electrons. The van der Waals surface area contributed by atoms with Crippen molar-refractivity contribution in [2.75, 3.05) is 6.54 Å². The van der Waals surface area contributed by atoms with Crippen molar-refractivity contribution >= 4 is 0 Å². The van der Waals surface area contributed by atoms with E-state index in [2.05, 4.69) is 5.32 Å². The van der Waals surface area contributed by atoms with Crippen LogP contribution in [0.2, 0.25) is 0 Å². The number of hydrogen-bond donors (Lipinski definition) is 2. The predicted octanol–water partition coefficient (Wildman–Crippen LogP) is 3.49. The summed E-state index contributed by atoms with van der Waals surface area (Å²) in [5, 5.41) is 13.0. The van der Waals surface area contributed by atoms with Gasteiger partial charge in [0, 0.05) is 12.6 Å². The smallest absolute Gasteiger partial charge is 0.159 e. The minimum absolute atomic E-state index is 0.106. The van der Waals surface area contributed by atoms with E-state index in [0.717, 1.165) is 17.7 Å². The molecule has 0 heterocycles. The second kappa shape index (κ2) is 6.74. The van der Waals surface area contributed by atoms with E-state index in [1.165, 1.54) is 18.2 Å². The van der Waals surface area contributed by atoms with Gasteiger partial charge in [-0.15, -0.1) is 0 Å². The number of rotatable bonds is 5. The Morgan fingerprint density at radius 3 is 2.19 bits per heavy atom. The Hall–Kier alpha value is -1.85. The number of hydrogen-bond acceptors (Lipinski definition) is 2. The fourth-order valence-electron chi connectivity index (χ4n) is 2.00. The van der Waals surface area contributed by atoms with Crippen molar-refractivity contribution in [3.8, 4) is 0 Å². The molecule has 0 saturated carbocycles. The van der Waals surface area contributed by atoms with Crippen LogP contribution in [0.5, 0.6) is 0 Å². The van der Waals surface area contributed by atoms with Crippen LogP contribution in [0, 0.1) is 17.5 Å². The lowest BCUT2D eigenvalue weighted by atomic mass is 10.1. The lowest BCUT2D eigenvalue weighted by Crippen LogP contribution is -2.24. The van der Waals surface area contributed by atoms with Gasteiger partial charge in [-0.05, 0) is 42.3 Å². The zero-order chi connectivity index (χ0) is 15.4. The van der Waals surface area contributed by atoms with Gasteiger partial charge in [-0.2, -0.15) is 0 Å². The van der Waals surface area contributed by atoms with Crippen molar-refractivity contribution in [1.82, 2.24) is 5.32 Å². The first-order valence-electron chi connectivity index (χ1n) is 6.59. The summed E-state index contributed by atoms with van der Waals surface area (Å²) in [5.41, 5.74) is 1.17. The normalized spacial score (nSPS) is 14.0. The minimum atomic E-state index is -0.988. The minimum Gasteiger partial charge on any atom is -0.387 e. The molecule has 2 aromatic carbocycles. The average molecular weight is 295 g/mol. The van der Waals surface area contributed by atoms with Crippen LogP contribution in [0.3, 0.4) is 0 Å². The molecule has 2 aromatic rings. The number of aliphatic hydroxyl groups excluding tert-OH is 1. The van der Waals surface area contributed by atoms with Gasteiger partial charge in [0.1, 0.15) is 5.82 Å². The van der Waals surface area contributed by atoms with Crippen molar-refractivity contribution in [2.45, 2.75) is 19.1 Å². The Balaban J connectivity index is 1.95. The van der Waals surface area contributed by atoms with Crippen molar-refractivity contribution in [2.24, 2.45) is 0 Å². The molecule has 2 nitrogen and oxygen atoms in total. The Kier molecular flexibility index (Phi) is 4.98. The Bertz CT molecular complexity index is 601. The third-order valence-electron chi connectivity index (χ3n) is 3.32. The van der Waals surface area contributed by atoms with Gasteiger partial charge in [-0.25, -0.2) is 13.2 Å². The third kappa shape index (κ3) is 4.06. The highest BCUT2D eigenvalue weighted by atomic mass is 19.2. The topological polar surface area (TPSA) is 32.3 Å². The molecule has 0 fully saturated rings. The zero-order valence-corrected chi connectivity index (χ0v) is 11.5. The van der Waals surface area contributed by atoms with Crippen LogP contribution in [0.1, 0.15) is 30.2 Å². The maximum atomic E-state index is 13.1. The summed E-state index contributed by atoms with van der Waals surface area (Å²) in [6, 6.07) is 9.21. The van der Waals surface area contributed by atoms with Crippen LogP contribution >= 0.6 is 0 Å². The predicted molar refractivity (Wildman–Crippen MR) is 74.1 cm³/mol. The number of benzene rings is 2. The lowest BCUT2D eigenvalue weighted by Gasteiger charge is -2.18. The molecule has 0 spiro atoms. The van der Waals surface area contributed by atoms with E-state index in [4.69, 9.17) is 0 Å². The molecule has 0 amide bonds. The molecule has 0 aliphatic rings. The molecule has 1 unspecified atom stereocenters. The maximum absolute atomic E-state index is 13.1. The van der Waals surface area contributed by atoms with Gasteiger partial charge in [0.15, 0.2) is 11.6 Å². The van der Waals surface area contributed by atoms with Gasteiger partial charge in [0.2, 0.25) is 0 Å². The quantitative estimate of drug-likeness (QED) is 0.885. The van der Waals surface area contributed by atoms with Crippen molar-refractivity contribution in [3.05, 3.63) is 71.0 Å².